The van der Waals surface area contributed by atoms with Crippen LogP contribution in [0.25, 0.3) is 0 Å². The number of carbonyl (C=O) groups is 2. The number of aromatic nitrogens is 1. The van der Waals surface area contributed by atoms with Crippen LogP contribution in [0.3, 0.4) is 0 Å². The summed E-state index contributed by atoms with van der Waals surface area (Å²) in [6, 6.07) is 1.50. The molecule has 0 radical (unpaired) electrons. The number of ether oxygens (including phenoxy) is 1. The van der Waals surface area contributed by atoms with Gasteiger partial charge in [-0.15, -0.1) is 0 Å². The van der Waals surface area contributed by atoms with Gasteiger partial charge in [-0.2, -0.15) is 0 Å². The summed E-state index contributed by atoms with van der Waals surface area (Å²) in [7, 11) is 1.29. The fourth-order valence-electron chi connectivity index (χ4n) is 1.04. The highest BCUT2D eigenvalue weighted by molar-refractivity contribution is 5.97. The molecule has 0 spiro atoms. The van der Waals surface area contributed by atoms with E-state index in [1.54, 1.807) is 6.92 Å². The molecular formula is C10H11NO3. The number of esters is 1. The summed E-state index contributed by atoms with van der Waals surface area (Å²) in [5.74, 6) is -0.597. The molecule has 4 heteroatoms. The molecule has 0 atom stereocenters. The number of hydrogen-bond acceptors (Lipinski definition) is 4. The Morgan fingerprint density at radius 1 is 1.43 bits per heavy atom. The monoisotopic (exact) mass is 193 g/mol. The van der Waals surface area contributed by atoms with E-state index in [-0.39, 0.29) is 5.78 Å². The molecule has 0 N–H and O–H groups in total. The lowest BCUT2D eigenvalue weighted by atomic mass is 10.1. The number of pyridine rings is 1. The molecule has 1 heterocycles. The highest BCUT2D eigenvalue weighted by atomic mass is 16.5. The summed E-state index contributed by atoms with van der Waals surface area (Å²) in [4.78, 5) is 26.2. The second-order valence-electron chi connectivity index (χ2n) is 2.90. The predicted molar refractivity (Wildman–Crippen MR) is 50.3 cm³/mol. The molecular weight excluding hydrogens is 182 g/mol. The fourth-order valence-corrected chi connectivity index (χ4v) is 1.04. The first-order valence-corrected chi connectivity index (χ1v) is 4.12. The van der Waals surface area contributed by atoms with Gasteiger partial charge in [0, 0.05) is 11.8 Å². The second kappa shape index (κ2) is 4.00. The van der Waals surface area contributed by atoms with Crippen molar-refractivity contribution >= 4 is 11.8 Å². The normalized spacial score (nSPS) is 9.64. The minimum atomic E-state index is -0.474. The Balaban J connectivity index is 3.21. The van der Waals surface area contributed by atoms with Gasteiger partial charge in [-0.25, -0.2) is 4.79 Å². The van der Waals surface area contributed by atoms with Crippen LogP contribution in [-0.4, -0.2) is 23.8 Å². The lowest BCUT2D eigenvalue weighted by Gasteiger charge is -2.03. The topological polar surface area (TPSA) is 56.3 Å². The number of aryl methyl sites for hydroxylation is 1. The maximum atomic E-state index is 11.2. The Labute approximate surface area is 81.9 Å². The maximum Gasteiger partial charge on any atom is 0.339 e. The van der Waals surface area contributed by atoms with Crippen molar-refractivity contribution in [3.63, 3.8) is 0 Å². The zero-order valence-corrected chi connectivity index (χ0v) is 8.33. The van der Waals surface area contributed by atoms with Gasteiger partial charge in [0.15, 0.2) is 5.78 Å². The number of ketones is 1. The van der Waals surface area contributed by atoms with E-state index < -0.39 is 5.97 Å². The third-order valence-corrected chi connectivity index (χ3v) is 1.90. The Kier molecular flexibility index (Phi) is 2.96. The van der Waals surface area contributed by atoms with Crippen LogP contribution in [0.4, 0.5) is 0 Å². The van der Waals surface area contributed by atoms with Gasteiger partial charge in [0.05, 0.1) is 18.4 Å². The van der Waals surface area contributed by atoms with Crippen LogP contribution in [0.15, 0.2) is 12.3 Å². The first-order chi connectivity index (χ1) is 6.56. The molecule has 0 saturated carbocycles. The van der Waals surface area contributed by atoms with Crippen molar-refractivity contribution in [3.05, 3.63) is 29.1 Å². The molecule has 0 amide bonds. The van der Waals surface area contributed by atoms with Crippen molar-refractivity contribution in [3.8, 4) is 0 Å². The summed E-state index contributed by atoms with van der Waals surface area (Å²) in [5, 5.41) is 0. The summed E-state index contributed by atoms with van der Waals surface area (Å²) in [6.45, 7) is 3.11. The molecule has 0 saturated heterocycles. The standard InChI is InChI=1S/C10H11NO3/c1-6-9(10(13)14-3)4-8(5-11-6)7(2)12/h4-5H,1-3H3. The van der Waals surface area contributed by atoms with E-state index in [9.17, 15) is 9.59 Å². The average Bonchev–Trinajstić information content (AvgIpc) is 2.17. The molecule has 0 bridgehead atoms. The van der Waals surface area contributed by atoms with Crippen molar-refractivity contribution in [1.82, 2.24) is 4.98 Å². The Hall–Kier alpha value is -1.71. The maximum absolute atomic E-state index is 11.2. The second-order valence-corrected chi connectivity index (χ2v) is 2.90. The van der Waals surface area contributed by atoms with Crippen molar-refractivity contribution in [2.75, 3.05) is 7.11 Å². The van der Waals surface area contributed by atoms with Gasteiger partial charge in [0.2, 0.25) is 0 Å². The molecule has 1 rings (SSSR count). The molecule has 0 aliphatic carbocycles. The Bertz CT molecular complexity index is 385. The van der Waals surface area contributed by atoms with E-state index in [4.69, 9.17) is 0 Å². The van der Waals surface area contributed by atoms with Crippen LogP contribution >= 0.6 is 0 Å². The molecule has 14 heavy (non-hydrogen) atoms. The van der Waals surface area contributed by atoms with Gasteiger partial charge in [-0.1, -0.05) is 0 Å². The largest absolute Gasteiger partial charge is 0.465 e. The van der Waals surface area contributed by atoms with Crippen LogP contribution in [0, 0.1) is 6.92 Å². The van der Waals surface area contributed by atoms with Crippen molar-refractivity contribution in [2.24, 2.45) is 0 Å². The minimum Gasteiger partial charge on any atom is -0.465 e. The lowest BCUT2D eigenvalue weighted by molar-refractivity contribution is 0.0599. The third kappa shape index (κ3) is 1.96. The van der Waals surface area contributed by atoms with Gasteiger partial charge in [0.1, 0.15) is 0 Å². The molecule has 0 fully saturated rings. The molecule has 4 nitrogen and oxygen atoms in total. The zero-order valence-electron chi connectivity index (χ0n) is 8.33. The van der Waals surface area contributed by atoms with E-state index in [0.717, 1.165) is 0 Å². The average molecular weight is 193 g/mol. The van der Waals surface area contributed by atoms with Crippen LogP contribution in [0.2, 0.25) is 0 Å². The molecule has 0 aliphatic rings. The molecule has 0 aromatic carbocycles. The summed E-state index contributed by atoms with van der Waals surface area (Å²) in [6.07, 6.45) is 1.45. The molecule has 0 aliphatic heterocycles. The first kappa shape index (κ1) is 10.4. The van der Waals surface area contributed by atoms with E-state index in [1.807, 2.05) is 0 Å². The number of hydrogen-bond donors (Lipinski definition) is 0. The third-order valence-electron chi connectivity index (χ3n) is 1.90. The number of nitrogens with zero attached hydrogens (tertiary/aromatic N) is 1. The number of methoxy groups -OCH3 is 1. The van der Waals surface area contributed by atoms with Gasteiger partial charge in [-0.05, 0) is 19.9 Å². The van der Waals surface area contributed by atoms with Gasteiger partial charge in [-0.3, -0.25) is 9.78 Å². The van der Waals surface area contributed by atoms with Crippen LogP contribution in [0.5, 0.6) is 0 Å². The smallest absolute Gasteiger partial charge is 0.339 e. The van der Waals surface area contributed by atoms with E-state index in [1.165, 1.54) is 26.3 Å². The Morgan fingerprint density at radius 3 is 2.57 bits per heavy atom. The molecule has 0 unspecified atom stereocenters. The van der Waals surface area contributed by atoms with Gasteiger partial charge < -0.3 is 4.74 Å². The van der Waals surface area contributed by atoms with Crippen LogP contribution in [0.1, 0.15) is 33.3 Å². The molecule has 74 valence electrons. The van der Waals surface area contributed by atoms with Gasteiger partial charge in [0.25, 0.3) is 0 Å². The quantitative estimate of drug-likeness (QED) is 0.526. The first-order valence-electron chi connectivity index (χ1n) is 4.12. The van der Waals surface area contributed by atoms with Crippen molar-refractivity contribution in [1.29, 1.82) is 0 Å². The van der Waals surface area contributed by atoms with Gasteiger partial charge >= 0.3 is 5.97 Å². The van der Waals surface area contributed by atoms with E-state index >= 15 is 0 Å². The summed E-state index contributed by atoms with van der Waals surface area (Å²) in [5.41, 5.74) is 1.30. The van der Waals surface area contributed by atoms with Crippen molar-refractivity contribution in [2.45, 2.75) is 13.8 Å². The van der Waals surface area contributed by atoms with E-state index in [0.29, 0.717) is 16.8 Å². The predicted octanol–water partition coefficient (Wildman–Crippen LogP) is 1.38. The fraction of sp³-hybridized carbons (Fsp3) is 0.300. The van der Waals surface area contributed by atoms with E-state index in [2.05, 4.69) is 9.72 Å². The van der Waals surface area contributed by atoms with Crippen LogP contribution in [-0.2, 0) is 4.74 Å². The SMILES string of the molecule is COC(=O)c1cc(C(C)=O)cnc1C. The Morgan fingerprint density at radius 2 is 2.07 bits per heavy atom. The van der Waals surface area contributed by atoms with Crippen LogP contribution < -0.4 is 0 Å². The number of rotatable bonds is 2. The molecule has 1 aromatic heterocycles. The lowest BCUT2D eigenvalue weighted by Crippen LogP contribution is -2.07. The highest BCUT2D eigenvalue weighted by Crippen LogP contribution is 2.09. The number of carbonyl (C=O) groups excluding carboxylic acids is 2. The minimum absolute atomic E-state index is 0.123. The highest BCUT2D eigenvalue weighted by Gasteiger charge is 2.12. The van der Waals surface area contributed by atoms with Crippen molar-refractivity contribution < 1.29 is 14.3 Å². The summed E-state index contributed by atoms with van der Waals surface area (Å²) < 4.78 is 4.56. The molecule has 1 aromatic rings. The number of Topliss-reactive ketones (excluding diaryl/α,β-unsaturated/α-hetero) is 1. The summed E-state index contributed by atoms with van der Waals surface area (Å²) >= 11 is 0. The zero-order chi connectivity index (χ0) is 10.7.